The van der Waals surface area contributed by atoms with Gasteiger partial charge < -0.3 is 10.3 Å². The van der Waals surface area contributed by atoms with E-state index in [1.807, 2.05) is 30.3 Å². The van der Waals surface area contributed by atoms with Gasteiger partial charge in [-0.3, -0.25) is 0 Å². The molecule has 0 atom stereocenters. The van der Waals surface area contributed by atoms with Crippen molar-refractivity contribution < 1.29 is 0 Å². The third-order valence-corrected chi connectivity index (χ3v) is 3.02. The molecule has 3 nitrogen and oxygen atoms in total. The van der Waals surface area contributed by atoms with E-state index in [2.05, 4.69) is 32.3 Å². The van der Waals surface area contributed by atoms with Gasteiger partial charge >= 0.3 is 0 Å². The van der Waals surface area contributed by atoms with Crippen LogP contribution in [-0.2, 0) is 12.0 Å². The summed E-state index contributed by atoms with van der Waals surface area (Å²) in [5, 5.41) is 0. The maximum atomic E-state index is 6.30. The van der Waals surface area contributed by atoms with E-state index in [1.54, 1.807) is 0 Å². The molecule has 0 aliphatic heterocycles. The summed E-state index contributed by atoms with van der Waals surface area (Å²) in [5.74, 6) is 1.80. The maximum absolute atomic E-state index is 6.30. The summed E-state index contributed by atoms with van der Waals surface area (Å²) in [7, 11) is 0. The highest BCUT2D eigenvalue weighted by Crippen LogP contribution is 2.31. The Labute approximate surface area is 109 Å². The van der Waals surface area contributed by atoms with Gasteiger partial charge in [-0.15, -0.1) is 0 Å². The molecule has 1 heterocycles. The first-order chi connectivity index (χ1) is 8.45. The fourth-order valence-corrected chi connectivity index (χ4v) is 2.28. The van der Waals surface area contributed by atoms with E-state index in [-0.39, 0.29) is 5.54 Å². The SMILES string of the molecule is CCc1nc(-c2ccccc2)c(N)n1C(C)(C)C. The normalized spacial score (nSPS) is 11.8. The van der Waals surface area contributed by atoms with Crippen LogP contribution in [0.4, 0.5) is 5.82 Å². The van der Waals surface area contributed by atoms with Crippen LogP contribution in [0.25, 0.3) is 11.3 Å². The zero-order valence-electron chi connectivity index (χ0n) is 11.6. The lowest BCUT2D eigenvalue weighted by atomic mass is 10.1. The first kappa shape index (κ1) is 12.7. The predicted octanol–water partition coefficient (Wildman–Crippen LogP) is 3.45. The van der Waals surface area contributed by atoms with Gasteiger partial charge in [0, 0.05) is 17.5 Å². The van der Waals surface area contributed by atoms with Crippen LogP contribution in [0.3, 0.4) is 0 Å². The van der Waals surface area contributed by atoms with Crippen LogP contribution in [0.1, 0.15) is 33.5 Å². The Hall–Kier alpha value is -1.77. The number of nitrogens with two attached hydrogens (primary N) is 1. The minimum atomic E-state index is -0.0462. The van der Waals surface area contributed by atoms with Crippen LogP contribution in [0, 0.1) is 0 Å². The van der Waals surface area contributed by atoms with E-state index in [0.717, 1.165) is 29.3 Å². The van der Waals surface area contributed by atoms with Gasteiger partial charge in [-0.05, 0) is 20.8 Å². The summed E-state index contributed by atoms with van der Waals surface area (Å²) < 4.78 is 2.13. The van der Waals surface area contributed by atoms with Gasteiger partial charge in [0.1, 0.15) is 17.3 Å². The molecule has 3 heteroatoms. The fraction of sp³-hybridized carbons (Fsp3) is 0.400. The summed E-state index contributed by atoms with van der Waals surface area (Å²) in [6.07, 6.45) is 0.883. The number of aryl methyl sites for hydroxylation is 1. The monoisotopic (exact) mass is 243 g/mol. The predicted molar refractivity (Wildman–Crippen MR) is 76.4 cm³/mol. The van der Waals surface area contributed by atoms with Crippen molar-refractivity contribution in [2.75, 3.05) is 5.73 Å². The number of hydrogen-bond acceptors (Lipinski definition) is 2. The summed E-state index contributed by atoms with van der Waals surface area (Å²) >= 11 is 0. The molecule has 0 saturated carbocycles. The van der Waals surface area contributed by atoms with Gasteiger partial charge in [0.2, 0.25) is 0 Å². The van der Waals surface area contributed by atoms with Crippen molar-refractivity contribution in [1.29, 1.82) is 0 Å². The Morgan fingerprint density at radius 3 is 2.22 bits per heavy atom. The maximum Gasteiger partial charge on any atom is 0.132 e. The molecule has 1 aromatic heterocycles. The molecule has 0 unspecified atom stereocenters. The third kappa shape index (κ3) is 2.13. The van der Waals surface area contributed by atoms with Gasteiger partial charge in [-0.1, -0.05) is 37.3 Å². The summed E-state index contributed by atoms with van der Waals surface area (Å²) in [6.45, 7) is 8.57. The number of rotatable bonds is 2. The number of anilines is 1. The van der Waals surface area contributed by atoms with Crippen molar-refractivity contribution in [1.82, 2.24) is 9.55 Å². The molecule has 0 saturated heterocycles. The van der Waals surface area contributed by atoms with E-state index in [4.69, 9.17) is 10.7 Å². The Morgan fingerprint density at radius 2 is 1.78 bits per heavy atom. The van der Waals surface area contributed by atoms with Gasteiger partial charge in [0.05, 0.1) is 0 Å². The molecule has 2 N–H and O–H groups in total. The second-order valence-electron chi connectivity index (χ2n) is 5.49. The van der Waals surface area contributed by atoms with Crippen molar-refractivity contribution >= 4 is 5.82 Å². The summed E-state index contributed by atoms with van der Waals surface area (Å²) in [5.41, 5.74) is 8.22. The van der Waals surface area contributed by atoms with Crippen LogP contribution in [0.2, 0.25) is 0 Å². The summed E-state index contributed by atoms with van der Waals surface area (Å²) in [4.78, 5) is 4.70. The molecule has 0 amide bonds. The standard InChI is InChI=1S/C15H21N3/c1-5-12-17-13(11-9-7-6-8-10-11)14(16)18(12)15(2,3)4/h6-10H,5,16H2,1-4H3. The highest BCUT2D eigenvalue weighted by molar-refractivity contribution is 5.71. The van der Waals surface area contributed by atoms with Gasteiger partial charge in [-0.25, -0.2) is 4.98 Å². The molecule has 0 aliphatic rings. The molecule has 0 spiro atoms. The molecular formula is C15H21N3. The first-order valence-electron chi connectivity index (χ1n) is 6.38. The quantitative estimate of drug-likeness (QED) is 0.878. The molecular weight excluding hydrogens is 222 g/mol. The number of imidazole rings is 1. The second-order valence-corrected chi connectivity index (χ2v) is 5.49. The van der Waals surface area contributed by atoms with Crippen LogP contribution in [0.5, 0.6) is 0 Å². The number of aromatic nitrogens is 2. The van der Waals surface area contributed by atoms with E-state index >= 15 is 0 Å². The van der Waals surface area contributed by atoms with Crippen molar-refractivity contribution in [3.63, 3.8) is 0 Å². The first-order valence-corrected chi connectivity index (χ1v) is 6.38. The smallest absolute Gasteiger partial charge is 0.132 e. The lowest BCUT2D eigenvalue weighted by Crippen LogP contribution is -2.25. The lowest BCUT2D eigenvalue weighted by Gasteiger charge is -2.24. The average molecular weight is 243 g/mol. The van der Waals surface area contributed by atoms with Crippen LogP contribution in [0.15, 0.2) is 30.3 Å². The molecule has 2 rings (SSSR count). The van der Waals surface area contributed by atoms with E-state index in [9.17, 15) is 0 Å². The number of nitrogens with zero attached hydrogens (tertiary/aromatic N) is 2. The molecule has 0 fully saturated rings. The molecule has 0 aliphatic carbocycles. The second kappa shape index (κ2) is 4.48. The Balaban J connectivity index is 2.62. The molecule has 1 aromatic carbocycles. The highest BCUT2D eigenvalue weighted by Gasteiger charge is 2.23. The van der Waals surface area contributed by atoms with E-state index < -0.39 is 0 Å². The van der Waals surface area contributed by atoms with Crippen molar-refractivity contribution in [3.8, 4) is 11.3 Å². The number of benzene rings is 1. The number of hydrogen-bond donors (Lipinski definition) is 1. The fourth-order valence-electron chi connectivity index (χ4n) is 2.28. The van der Waals surface area contributed by atoms with Crippen LogP contribution >= 0.6 is 0 Å². The summed E-state index contributed by atoms with van der Waals surface area (Å²) in [6, 6.07) is 10.1. The molecule has 96 valence electrons. The van der Waals surface area contributed by atoms with E-state index in [1.165, 1.54) is 0 Å². The number of nitrogen functional groups attached to an aromatic ring is 1. The van der Waals surface area contributed by atoms with Crippen molar-refractivity contribution in [2.45, 2.75) is 39.7 Å². The van der Waals surface area contributed by atoms with Gasteiger partial charge in [0.15, 0.2) is 0 Å². The van der Waals surface area contributed by atoms with Crippen molar-refractivity contribution in [2.24, 2.45) is 0 Å². The molecule has 0 bridgehead atoms. The third-order valence-electron chi connectivity index (χ3n) is 3.02. The molecule has 18 heavy (non-hydrogen) atoms. The molecule has 0 radical (unpaired) electrons. The Kier molecular flexibility index (Phi) is 3.16. The van der Waals surface area contributed by atoms with Crippen molar-refractivity contribution in [3.05, 3.63) is 36.2 Å². The van der Waals surface area contributed by atoms with Crippen LogP contribution < -0.4 is 5.73 Å². The van der Waals surface area contributed by atoms with E-state index in [0.29, 0.717) is 0 Å². The highest BCUT2D eigenvalue weighted by atomic mass is 15.2. The largest absolute Gasteiger partial charge is 0.383 e. The minimum Gasteiger partial charge on any atom is -0.383 e. The lowest BCUT2D eigenvalue weighted by molar-refractivity contribution is 0.389. The topological polar surface area (TPSA) is 43.8 Å². The minimum absolute atomic E-state index is 0.0462. The zero-order chi connectivity index (χ0) is 13.3. The van der Waals surface area contributed by atoms with Crippen LogP contribution in [-0.4, -0.2) is 9.55 Å². The molecule has 2 aromatic rings. The Bertz CT molecular complexity index is 533. The zero-order valence-corrected chi connectivity index (χ0v) is 11.6. The van der Waals surface area contributed by atoms with Gasteiger partial charge in [0.25, 0.3) is 0 Å². The van der Waals surface area contributed by atoms with Gasteiger partial charge in [-0.2, -0.15) is 0 Å². The average Bonchev–Trinajstić information content (AvgIpc) is 2.67. The Morgan fingerprint density at radius 1 is 1.17 bits per heavy atom.